The van der Waals surface area contributed by atoms with Crippen molar-refractivity contribution in [2.24, 2.45) is 0 Å². The van der Waals surface area contributed by atoms with E-state index in [9.17, 15) is 0 Å². The van der Waals surface area contributed by atoms with Gasteiger partial charge in [-0.1, -0.05) is 0 Å². The van der Waals surface area contributed by atoms with Gasteiger partial charge >= 0.3 is 0 Å². The van der Waals surface area contributed by atoms with Crippen molar-refractivity contribution >= 4 is 0 Å². The molecule has 4 nitrogen and oxygen atoms in total. The lowest BCUT2D eigenvalue weighted by Gasteiger charge is -2.34. The van der Waals surface area contributed by atoms with Gasteiger partial charge in [0.2, 0.25) is 0 Å². The molecule has 1 fully saturated rings. The van der Waals surface area contributed by atoms with Crippen LogP contribution in [-0.2, 0) is 11.3 Å². The second kappa shape index (κ2) is 5.65. The van der Waals surface area contributed by atoms with Crippen LogP contribution in [0.2, 0.25) is 0 Å². The number of rotatable bonds is 4. The molecule has 3 unspecified atom stereocenters. The largest absolute Gasteiger partial charge is 0.375 e. The summed E-state index contributed by atoms with van der Waals surface area (Å²) in [5.74, 6) is 0. The molecule has 3 atom stereocenters. The van der Waals surface area contributed by atoms with E-state index in [0.29, 0.717) is 24.3 Å². The van der Waals surface area contributed by atoms with Crippen LogP contribution in [0.4, 0.5) is 0 Å². The number of hydrogen-bond acceptors (Lipinski definition) is 3. The minimum Gasteiger partial charge on any atom is -0.375 e. The van der Waals surface area contributed by atoms with Gasteiger partial charge in [-0.05, 0) is 39.7 Å². The highest BCUT2D eigenvalue weighted by molar-refractivity contribution is 4.82. The third-order valence-electron chi connectivity index (χ3n) is 3.24. The minimum atomic E-state index is 0.369. The summed E-state index contributed by atoms with van der Waals surface area (Å²) in [4.78, 5) is 0. The van der Waals surface area contributed by atoms with Gasteiger partial charge in [-0.2, -0.15) is 5.10 Å². The summed E-state index contributed by atoms with van der Waals surface area (Å²) in [6, 6.07) is 2.97. The van der Waals surface area contributed by atoms with Crippen LogP contribution in [0.1, 0.15) is 33.6 Å². The van der Waals surface area contributed by atoms with E-state index >= 15 is 0 Å². The Bertz CT molecular complexity index is 315. The van der Waals surface area contributed by atoms with Crippen molar-refractivity contribution in [3.63, 3.8) is 0 Å². The van der Waals surface area contributed by atoms with Gasteiger partial charge in [-0.15, -0.1) is 0 Å². The SMILES string of the molecule is CC(Cn1cccn1)NC1CC(C)OC(C)C1. The van der Waals surface area contributed by atoms with E-state index in [1.165, 1.54) is 0 Å². The zero-order valence-corrected chi connectivity index (χ0v) is 11.0. The molecule has 0 aliphatic carbocycles. The average molecular weight is 237 g/mol. The van der Waals surface area contributed by atoms with Crippen LogP contribution >= 0.6 is 0 Å². The number of nitrogens with one attached hydrogen (secondary N) is 1. The van der Waals surface area contributed by atoms with Crippen molar-refractivity contribution in [2.45, 2.75) is 64.4 Å². The first-order valence-electron chi connectivity index (χ1n) is 6.52. The Kier molecular flexibility index (Phi) is 4.18. The molecule has 1 aliphatic rings. The maximum Gasteiger partial charge on any atom is 0.0565 e. The first-order valence-corrected chi connectivity index (χ1v) is 6.52. The van der Waals surface area contributed by atoms with Gasteiger partial charge < -0.3 is 10.1 Å². The summed E-state index contributed by atoms with van der Waals surface area (Å²) < 4.78 is 7.72. The molecule has 0 bridgehead atoms. The fourth-order valence-electron chi connectivity index (χ4n) is 2.69. The minimum absolute atomic E-state index is 0.369. The van der Waals surface area contributed by atoms with Gasteiger partial charge in [0.25, 0.3) is 0 Å². The van der Waals surface area contributed by atoms with Crippen molar-refractivity contribution in [3.05, 3.63) is 18.5 Å². The van der Waals surface area contributed by atoms with Gasteiger partial charge in [0.1, 0.15) is 0 Å². The van der Waals surface area contributed by atoms with Crippen molar-refractivity contribution in [1.29, 1.82) is 0 Å². The molecule has 0 spiro atoms. The second-order valence-corrected chi connectivity index (χ2v) is 5.22. The van der Waals surface area contributed by atoms with Gasteiger partial charge in [0.15, 0.2) is 0 Å². The van der Waals surface area contributed by atoms with Gasteiger partial charge in [0, 0.05) is 24.5 Å². The molecule has 4 heteroatoms. The van der Waals surface area contributed by atoms with E-state index < -0.39 is 0 Å². The lowest BCUT2D eigenvalue weighted by Crippen LogP contribution is -2.46. The molecular formula is C13H23N3O. The zero-order chi connectivity index (χ0) is 12.3. The molecule has 0 aromatic carbocycles. The highest BCUT2D eigenvalue weighted by atomic mass is 16.5. The van der Waals surface area contributed by atoms with Crippen LogP contribution in [0.3, 0.4) is 0 Å². The van der Waals surface area contributed by atoms with E-state index in [4.69, 9.17) is 4.74 Å². The Morgan fingerprint density at radius 1 is 1.41 bits per heavy atom. The molecule has 0 amide bonds. The predicted octanol–water partition coefficient (Wildman–Crippen LogP) is 1.82. The fraction of sp³-hybridized carbons (Fsp3) is 0.769. The average Bonchev–Trinajstić information content (AvgIpc) is 2.67. The van der Waals surface area contributed by atoms with Crippen LogP contribution in [0, 0.1) is 0 Å². The second-order valence-electron chi connectivity index (χ2n) is 5.22. The summed E-state index contributed by atoms with van der Waals surface area (Å²) in [6.07, 6.45) is 6.78. The predicted molar refractivity (Wildman–Crippen MR) is 67.9 cm³/mol. The highest BCUT2D eigenvalue weighted by Crippen LogP contribution is 2.19. The van der Waals surface area contributed by atoms with Crippen molar-refractivity contribution in [1.82, 2.24) is 15.1 Å². The van der Waals surface area contributed by atoms with Crippen LogP contribution in [0.15, 0.2) is 18.5 Å². The van der Waals surface area contributed by atoms with Gasteiger partial charge in [0.05, 0.1) is 18.8 Å². The highest BCUT2D eigenvalue weighted by Gasteiger charge is 2.25. The van der Waals surface area contributed by atoms with Gasteiger partial charge in [-0.3, -0.25) is 4.68 Å². The summed E-state index contributed by atoms with van der Waals surface area (Å²) in [5, 5.41) is 7.91. The molecule has 2 rings (SSSR count). The third-order valence-corrected chi connectivity index (χ3v) is 3.24. The molecule has 1 aliphatic heterocycles. The van der Waals surface area contributed by atoms with Crippen molar-refractivity contribution in [3.8, 4) is 0 Å². The fourth-order valence-corrected chi connectivity index (χ4v) is 2.69. The molecule has 0 saturated carbocycles. The number of nitrogens with zero attached hydrogens (tertiary/aromatic N) is 2. The molecule has 1 N–H and O–H groups in total. The monoisotopic (exact) mass is 237 g/mol. The van der Waals surface area contributed by atoms with E-state index in [0.717, 1.165) is 19.4 Å². The number of hydrogen-bond donors (Lipinski definition) is 1. The summed E-state index contributed by atoms with van der Waals surface area (Å²) in [7, 11) is 0. The molecule has 96 valence electrons. The Hall–Kier alpha value is -0.870. The van der Waals surface area contributed by atoms with Crippen LogP contribution in [0.25, 0.3) is 0 Å². The molecule has 2 heterocycles. The molecule has 1 aromatic rings. The molecule has 1 saturated heterocycles. The Balaban J connectivity index is 1.79. The first-order chi connectivity index (χ1) is 8.13. The maximum absolute atomic E-state index is 5.75. The Morgan fingerprint density at radius 2 is 2.12 bits per heavy atom. The lowest BCUT2D eigenvalue weighted by molar-refractivity contribution is -0.0435. The van der Waals surface area contributed by atoms with Crippen LogP contribution < -0.4 is 5.32 Å². The van der Waals surface area contributed by atoms with Crippen LogP contribution in [-0.4, -0.2) is 34.1 Å². The maximum atomic E-state index is 5.75. The summed E-state index contributed by atoms with van der Waals surface area (Å²) in [6.45, 7) is 7.45. The quantitative estimate of drug-likeness (QED) is 0.868. The van der Waals surface area contributed by atoms with E-state index in [1.54, 1.807) is 0 Å². The summed E-state index contributed by atoms with van der Waals surface area (Å²) in [5.41, 5.74) is 0. The molecule has 17 heavy (non-hydrogen) atoms. The molecule has 0 radical (unpaired) electrons. The van der Waals surface area contributed by atoms with E-state index in [-0.39, 0.29) is 0 Å². The van der Waals surface area contributed by atoms with Crippen LogP contribution in [0.5, 0.6) is 0 Å². The molecular weight excluding hydrogens is 214 g/mol. The van der Waals surface area contributed by atoms with Crippen molar-refractivity contribution in [2.75, 3.05) is 0 Å². The number of ether oxygens (including phenoxy) is 1. The van der Waals surface area contributed by atoms with E-state index in [1.807, 2.05) is 23.1 Å². The Labute approximate surface area is 103 Å². The topological polar surface area (TPSA) is 39.1 Å². The van der Waals surface area contributed by atoms with E-state index in [2.05, 4.69) is 31.2 Å². The first kappa shape index (κ1) is 12.6. The number of aromatic nitrogens is 2. The summed E-state index contributed by atoms with van der Waals surface area (Å²) >= 11 is 0. The smallest absolute Gasteiger partial charge is 0.0565 e. The van der Waals surface area contributed by atoms with Crippen molar-refractivity contribution < 1.29 is 4.74 Å². The lowest BCUT2D eigenvalue weighted by atomic mass is 9.99. The normalized spacial score (nSPS) is 31.4. The third kappa shape index (κ3) is 3.82. The standard InChI is InChI=1S/C13H23N3O/c1-10(9-16-6-4-5-14-16)15-13-7-11(2)17-12(3)8-13/h4-6,10-13,15H,7-9H2,1-3H3. The zero-order valence-electron chi connectivity index (χ0n) is 11.0. The Morgan fingerprint density at radius 3 is 2.71 bits per heavy atom. The molecule has 1 aromatic heterocycles. The van der Waals surface area contributed by atoms with Gasteiger partial charge in [-0.25, -0.2) is 0 Å².